The molecule has 0 aromatic carbocycles. The van der Waals surface area contributed by atoms with Crippen LogP contribution in [0, 0.1) is 0 Å². The van der Waals surface area contributed by atoms with E-state index >= 15 is 0 Å². The SMILES string of the molecule is O=C(Nc1ccncn1)N(CCO)C1CC1. The van der Waals surface area contributed by atoms with Crippen LogP contribution in [-0.2, 0) is 0 Å². The first-order valence-electron chi connectivity index (χ1n) is 5.26. The Balaban J connectivity index is 1.95. The molecule has 1 aromatic rings. The second-order valence-electron chi connectivity index (χ2n) is 3.67. The van der Waals surface area contributed by atoms with Crippen molar-refractivity contribution in [3.8, 4) is 0 Å². The molecule has 0 unspecified atom stereocenters. The van der Waals surface area contributed by atoms with Crippen LogP contribution in [0.25, 0.3) is 0 Å². The largest absolute Gasteiger partial charge is 0.395 e. The summed E-state index contributed by atoms with van der Waals surface area (Å²) in [5.41, 5.74) is 0. The number of hydrogen-bond donors (Lipinski definition) is 2. The van der Waals surface area contributed by atoms with E-state index in [1.165, 1.54) is 6.33 Å². The van der Waals surface area contributed by atoms with Crippen molar-refractivity contribution in [2.75, 3.05) is 18.5 Å². The minimum Gasteiger partial charge on any atom is -0.395 e. The van der Waals surface area contributed by atoms with Gasteiger partial charge in [-0.3, -0.25) is 5.32 Å². The molecule has 0 bridgehead atoms. The highest BCUT2D eigenvalue weighted by Gasteiger charge is 2.32. The zero-order valence-corrected chi connectivity index (χ0v) is 8.83. The maximum absolute atomic E-state index is 11.8. The van der Waals surface area contributed by atoms with E-state index in [-0.39, 0.29) is 18.7 Å². The van der Waals surface area contributed by atoms with Gasteiger partial charge < -0.3 is 10.0 Å². The molecule has 2 N–H and O–H groups in total. The third-order valence-electron chi connectivity index (χ3n) is 2.41. The molecule has 0 radical (unpaired) electrons. The van der Waals surface area contributed by atoms with Gasteiger partial charge in [0, 0.05) is 18.8 Å². The standard InChI is InChI=1S/C10H14N4O2/c15-6-5-14(8-1-2-8)10(16)13-9-3-4-11-7-12-9/h3-4,7-8,15H,1-2,5-6H2,(H,11,12,13,16). The molecule has 1 aliphatic rings. The Kier molecular flexibility index (Phi) is 3.31. The van der Waals surface area contributed by atoms with E-state index in [1.807, 2.05) is 0 Å². The number of urea groups is 1. The summed E-state index contributed by atoms with van der Waals surface area (Å²) < 4.78 is 0. The van der Waals surface area contributed by atoms with Gasteiger partial charge in [0.1, 0.15) is 12.1 Å². The molecule has 16 heavy (non-hydrogen) atoms. The Hall–Kier alpha value is -1.69. The van der Waals surface area contributed by atoms with Crippen LogP contribution in [0.1, 0.15) is 12.8 Å². The van der Waals surface area contributed by atoms with E-state index in [1.54, 1.807) is 17.2 Å². The Morgan fingerprint density at radius 3 is 3.00 bits per heavy atom. The van der Waals surface area contributed by atoms with Crippen LogP contribution in [0.2, 0.25) is 0 Å². The highest BCUT2D eigenvalue weighted by atomic mass is 16.3. The average Bonchev–Trinajstić information content (AvgIpc) is 3.11. The van der Waals surface area contributed by atoms with Crippen LogP contribution in [0.4, 0.5) is 10.6 Å². The fourth-order valence-corrected chi connectivity index (χ4v) is 1.49. The van der Waals surface area contributed by atoms with Gasteiger partial charge >= 0.3 is 6.03 Å². The second-order valence-corrected chi connectivity index (χ2v) is 3.67. The van der Waals surface area contributed by atoms with Crippen LogP contribution < -0.4 is 5.32 Å². The van der Waals surface area contributed by atoms with E-state index in [2.05, 4.69) is 15.3 Å². The van der Waals surface area contributed by atoms with Crippen molar-refractivity contribution >= 4 is 11.8 Å². The number of aliphatic hydroxyl groups excluding tert-OH is 1. The predicted octanol–water partition coefficient (Wildman–Crippen LogP) is 0.465. The molecule has 0 aliphatic heterocycles. The molecule has 2 amide bonds. The van der Waals surface area contributed by atoms with Crippen molar-refractivity contribution in [3.05, 3.63) is 18.6 Å². The first-order chi connectivity index (χ1) is 7.81. The molecule has 1 aromatic heterocycles. The summed E-state index contributed by atoms with van der Waals surface area (Å²) in [6, 6.07) is 1.69. The van der Waals surface area contributed by atoms with Gasteiger partial charge in [-0.1, -0.05) is 0 Å². The summed E-state index contributed by atoms with van der Waals surface area (Å²) in [6.45, 7) is 0.343. The van der Waals surface area contributed by atoms with Crippen molar-refractivity contribution in [1.29, 1.82) is 0 Å². The lowest BCUT2D eigenvalue weighted by Crippen LogP contribution is -2.38. The summed E-state index contributed by atoms with van der Waals surface area (Å²) in [5.74, 6) is 0.476. The molecule has 1 saturated carbocycles. The van der Waals surface area contributed by atoms with Crippen molar-refractivity contribution in [1.82, 2.24) is 14.9 Å². The number of aliphatic hydroxyl groups is 1. The lowest BCUT2D eigenvalue weighted by Gasteiger charge is -2.21. The minimum absolute atomic E-state index is 0.0201. The number of hydrogen-bond acceptors (Lipinski definition) is 4. The van der Waals surface area contributed by atoms with Crippen LogP contribution in [0.5, 0.6) is 0 Å². The highest BCUT2D eigenvalue weighted by Crippen LogP contribution is 2.26. The molecule has 0 saturated heterocycles. The number of aromatic nitrogens is 2. The van der Waals surface area contributed by atoms with Crippen molar-refractivity contribution in [2.24, 2.45) is 0 Å². The number of nitrogens with one attached hydrogen (secondary N) is 1. The van der Waals surface area contributed by atoms with Crippen LogP contribution >= 0.6 is 0 Å². The first-order valence-corrected chi connectivity index (χ1v) is 5.26. The van der Waals surface area contributed by atoms with Crippen molar-refractivity contribution in [3.63, 3.8) is 0 Å². The minimum atomic E-state index is -0.213. The Labute approximate surface area is 93.3 Å². The summed E-state index contributed by atoms with van der Waals surface area (Å²) in [5, 5.41) is 11.6. The van der Waals surface area contributed by atoms with Crippen molar-refractivity contribution < 1.29 is 9.90 Å². The van der Waals surface area contributed by atoms with Gasteiger partial charge in [-0.25, -0.2) is 14.8 Å². The van der Waals surface area contributed by atoms with Gasteiger partial charge in [0.2, 0.25) is 0 Å². The Bertz CT molecular complexity index is 353. The zero-order valence-electron chi connectivity index (χ0n) is 8.83. The number of carbonyl (C=O) groups excluding carboxylic acids is 1. The quantitative estimate of drug-likeness (QED) is 0.776. The molecule has 1 heterocycles. The molecule has 0 atom stereocenters. The smallest absolute Gasteiger partial charge is 0.323 e. The molecular formula is C10H14N4O2. The summed E-state index contributed by atoms with van der Waals surface area (Å²) in [4.78, 5) is 21.1. The summed E-state index contributed by atoms with van der Waals surface area (Å²) in [6.07, 6.45) is 4.97. The maximum Gasteiger partial charge on any atom is 0.323 e. The molecular weight excluding hydrogens is 208 g/mol. The van der Waals surface area contributed by atoms with Gasteiger partial charge in [0.05, 0.1) is 6.61 Å². The van der Waals surface area contributed by atoms with Gasteiger partial charge in [0.15, 0.2) is 0 Å². The number of rotatable bonds is 4. The maximum atomic E-state index is 11.8. The Morgan fingerprint density at radius 1 is 1.62 bits per heavy atom. The molecule has 1 aliphatic carbocycles. The number of carbonyl (C=O) groups is 1. The molecule has 1 fully saturated rings. The molecule has 0 spiro atoms. The van der Waals surface area contributed by atoms with Gasteiger partial charge in [-0.2, -0.15) is 0 Å². The lowest BCUT2D eigenvalue weighted by molar-refractivity contribution is 0.185. The topological polar surface area (TPSA) is 78.4 Å². The number of amides is 2. The summed E-state index contributed by atoms with van der Waals surface area (Å²) in [7, 11) is 0. The molecule has 86 valence electrons. The van der Waals surface area contributed by atoms with E-state index < -0.39 is 0 Å². The fraction of sp³-hybridized carbons (Fsp3) is 0.500. The van der Waals surface area contributed by atoms with Crippen molar-refractivity contribution in [2.45, 2.75) is 18.9 Å². The normalized spacial score (nSPS) is 14.6. The predicted molar refractivity (Wildman–Crippen MR) is 57.9 cm³/mol. The van der Waals surface area contributed by atoms with Gasteiger partial charge in [-0.05, 0) is 18.9 Å². The van der Waals surface area contributed by atoms with E-state index in [9.17, 15) is 4.79 Å². The molecule has 6 nitrogen and oxygen atoms in total. The second kappa shape index (κ2) is 4.89. The van der Waals surface area contributed by atoms with E-state index in [4.69, 9.17) is 5.11 Å². The average molecular weight is 222 g/mol. The van der Waals surface area contributed by atoms with Crippen LogP contribution in [0.15, 0.2) is 18.6 Å². The third-order valence-corrected chi connectivity index (χ3v) is 2.41. The monoisotopic (exact) mass is 222 g/mol. The zero-order chi connectivity index (χ0) is 11.4. The number of anilines is 1. The Morgan fingerprint density at radius 2 is 2.44 bits per heavy atom. The third kappa shape index (κ3) is 2.66. The molecule has 2 rings (SSSR count). The van der Waals surface area contributed by atoms with E-state index in [0.29, 0.717) is 12.4 Å². The van der Waals surface area contributed by atoms with Crippen LogP contribution in [0.3, 0.4) is 0 Å². The fourth-order valence-electron chi connectivity index (χ4n) is 1.49. The highest BCUT2D eigenvalue weighted by molar-refractivity contribution is 5.88. The van der Waals surface area contributed by atoms with Crippen LogP contribution in [-0.4, -0.2) is 45.2 Å². The van der Waals surface area contributed by atoms with Gasteiger partial charge in [-0.15, -0.1) is 0 Å². The summed E-state index contributed by atoms with van der Waals surface area (Å²) >= 11 is 0. The number of nitrogens with zero attached hydrogens (tertiary/aromatic N) is 3. The first kappa shape index (κ1) is 10.8. The van der Waals surface area contributed by atoms with E-state index in [0.717, 1.165) is 12.8 Å². The van der Waals surface area contributed by atoms with Gasteiger partial charge in [0.25, 0.3) is 0 Å². The molecule has 6 heteroatoms. The lowest BCUT2D eigenvalue weighted by atomic mass is 10.5.